The number of aliphatic carboxylic acids is 1. The van der Waals surface area contributed by atoms with Crippen LogP contribution in [0.2, 0.25) is 0 Å². The van der Waals surface area contributed by atoms with Crippen LogP contribution in [0.5, 0.6) is 0 Å². The van der Waals surface area contributed by atoms with E-state index in [0.29, 0.717) is 12.1 Å². The molecule has 1 rings (SSSR count). The van der Waals surface area contributed by atoms with E-state index in [1.54, 1.807) is 24.3 Å². The Bertz CT molecular complexity index is 421. The third kappa shape index (κ3) is 4.51. The minimum Gasteiger partial charge on any atom is -0.478 e. The van der Waals surface area contributed by atoms with Gasteiger partial charge >= 0.3 is 5.97 Å². The van der Waals surface area contributed by atoms with Gasteiger partial charge in [0.2, 0.25) is 0 Å². The largest absolute Gasteiger partial charge is 0.478 e. The highest BCUT2D eigenvalue weighted by Crippen LogP contribution is 2.06. The maximum absolute atomic E-state index is 11.6. The Balaban J connectivity index is 2.67. The SMILES string of the molecule is CCCNC(=O)c1ccc(C=CC(=O)O)cc1. The second kappa shape index (κ2) is 6.48. The highest BCUT2D eigenvalue weighted by molar-refractivity contribution is 5.94. The summed E-state index contributed by atoms with van der Waals surface area (Å²) < 4.78 is 0. The molecule has 2 N–H and O–H groups in total. The fourth-order valence-corrected chi connectivity index (χ4v) is 1.25. The average Bonchev–Trinajstić information content (AvgIpc) is 2.34. The summed E-state index contributed by atoms with van der Waals surface area (Å²) in [5, 5.41) is 11.2. The molecule has 1 aromatic carbocycles. The molecule has 0 atom stereocenters. The van der Waals surface area contributed by atoms with Crippen molar-refractivity contribution in [2.75, 3.05) is 6.54 Å². The van der Waals surface area contributed by atoms with Crippen LogP contribution < -0.4 is 5.32 Å². The van der Waals surface area contributed by atoms with Crippen molar-refractivity contribution in [3.05, 3.63) is 41.5 Å². The molecular formula is C13H15NO3. The molecule has 1 aromatic rings. The van der Waals surface area contributed by atoms with Gasteiger partial charge in [-0.2, -0.15) is 0 Å². The first-order valence-corrected chi connectivity index (χ1v) is 5.42. The third-order valence-electron chi connectivity index (χ3n) is 2.13. The van der Waals surface area contributed by atoms with Crippen molar-refractivity contribution in [1.82, 2.24) is 5.32 Å². The van der Waals surface area contributed by atoms with Crippen LogP contribution in [-0.4, -0.2) is 23.5 Å². The molecule has 0 radical (unpaired) electrons. The molecule has 0 aromatic heterocycles. The van der Waals surface area contributed by atoms with E-state index in [4.69, 9.17) is 5.11 Å². The first-order chi connectivity index (χ1) is 8.13. The van der Waals surface area contributed by atoms with Crippen LogP contribution in [0.15, 0.2) is 30.3 Å². The minimum absolute atomic E-state index is 0.111. The average molecular weight is 233 g/mol. The van der Waals surface area contributed by atoms with E-state index in [1.165, 1.54) is 6.08 Å². The second-order valence-corrected chi connectivity index (χ2v) is 3.55. The van der Waals surface area contributed by atoms with Crippen molar-refractivity contribution in [1.29, 1.82) is 0 Å². The Labute approximate surface area is 100.0 Å². The molecule has 0 heterocycles. The lowest BCUT2D eigenvalue weighted by Crippen LogP contribution is -2.23. The summed E-state index contributed by atoms with van der Waals surface area (Å²) in [4.78, 5) is 21.9. The third-order valence-corrected chi connectivity index (χ3v) is 2.13. The standard InChI is InChI=1S/C13H15NO3/c1-2-9-14-13(17)11-6-3-10(4-7-11)5-8-12(15)16/h3-8H,2,9H2,1H3,(H,14,17)(H,15,16). The summed E-state index contributed by atoms with van der Waals surface area (Å²) in [7, 11) is 0. The van der Waals surface area contributed by atoms with Gasteiger partial charge in [-0.3, -0.25) is 4.79 Å². The van der Waals surface area contributed by atoms with Gasteiger partial charge in [-0.05, 0) is 30.2 Å². The molecule has 90 valence electrons. The van der Waals surface area contributed by atoms with Crippen LogP contribution in [-0.2, 0) is 4.79 Å². The summed E-state index contributed by atoms with van der Waals surface area (Å²) in [5.74, 6) is -1.10. The lowest BCUT2D eigenvalue weighted by atomic mass is 10.1. The van der Waals surface area contributed by atoms with Gasteiger partial charge in [0.25, 0.3) is 5.91 Å². The van der Waals surface area contributed by atoms with Crippen LogP contribution in [0.25, 0.3) is 6.08 Å². The molecule has 0 saturated carbocycles. The van der Waals surface area contributed by atoms with Crippen LogP contribution in [0.1, 0.15) is 29.3 Å². The van der Waals surface area contributed by atoms with Crippen LogP contribution >= 0.6 is 0 Å². The van der Waals surface area contributed by atoms with Crippen LogP contribution in [0, 0.1) is 0 Å². The summed E-state index contributed by atoms with van der Waals surface area (Å²) in [6, 6.07) is 6.76. The van der Waals surface area contributed by atoms with Gasteiger partial charge in [-0.25, -0.2) is 4.79 Å². The molecule has 0 aliphatic heterocycles. The number of rotatable bonds is 5. The first kappa shape index (κ1) is 13.0. The molecule has 0 fully saturated rings. The van der Waals surface area contributed by atoms with Gasteiger partial charge in [0.15, 0.2) is 0 Å². The maximum Gasteiger partial charge on any atom is 0.328 e. The Morgan fingerprint density at radius 1 is 1.29 bits per heavy atom. The molecular weight excluding hydrogens is 218 g/mol. The molecule has 0 aliphatic rings. The molecule has 0 unspecified atom stereocenters. The van der Waals surface area contributed by atoms with E-state index in [1.807, 2.05) is 6.92 Å². The monoisotopic (exact) mass is 233 g/mol. The maximum atomic E-state index is 11.6. The number of hydrogen-bond acceptors (Lipinski definition) is 2. The molecule has 0 saturated heterocycles. The van der Waals surface area contributed by atoms with Crippen molar-refractivity contribution < 1.29 is 14.7 Å². The Kier molecular flexibility index (Phi) is 4.94. The van der Waals surface area contributed by atoms with E-state index >= 15 is 0 Å². The number of amides is 1. The molecule has 1 amide bonds. The van der Waals surface area contributed by atoms with Gasteiger partial charge in [-0.1, -0.05) is 19.1 Å². The quantitative estimate of drug-likeness (QED) is 0.763. The van der Waals surface area contributed by atoms with Gasteiger partial charge in [0.05, 0.1) is 0 Å². The fourth-order valence-electron chi connectivity index (χ4n) is 1.25. The lowest BCUT2D eigenvalue weighted by molar-refractivity contribution is -0.131. The minimum atomic E-state index is -0.991. The van der Waals surface area contributed by atoms with E-state index in [9.17, 15) is 9.59 Å². The first-order valence-electron chi connectivity index (χ1n) is 5.42. The topological polar surface area (TPSA) is 66.4 Å². The highest BCUT2D eigenvalue weighted by Gasteiger charge is 2.02. The number of carboxylic acids is 1. The van der Waals surface area contributed by atoms with E-state index in [-0.39, 0.29) is 5.91 Å². The summed E-state index contributed by atoms with van der Waals surface area (Å²) >= 11 is 0. The van der Waals surface area contributed by atoms with E-state index < -0.39 is 5.97 Å². The van der Waals surface area contributed by atoms with Crippen molar-refractivity contribution in [2.45, 2.75) is 13.3 Å². The Morgan fingerprint density at radius 2 is 1.94 bits per heavy atom. The normalized spacial score (nSPS) is 10.4. The number of benzene rings is 1. The molecule has 0 bridgehead atoms. The molecule has 4 heteroatoms. The Morgan fingerprint density at radius 3 is 2.47 bits per heavy atom. The molecule has 0 aliphatic carbocycles. The fraction of sp³-hybridized carbons (Fsp3) is 0.231. The summed E-state index contributed by atoms with van der Waals surface area (Å²) in [6.07, 6.45) is 3.44. The lowest BCUT2D eigenvalue weighted by Gasteiger charge is -2.03. The van der Waals surface area contributed by atoms with Gasteiger partial charge in [0.1, 0.15) is 0 Å². The van der Waals surface area contributed by atoms with Gasteiger partial charge in [-0.15, -0.1) is 0 Å². The van der Waals surface area contributed by atoms with Gasteiger partial charge in [0, 0.05) is 18.2 Å². The van der Waals surface area contributed by atoms with Crippen molar-refractivity contribution in [3.63, 3.8) is 0 Å². The number of hydrogen-bond donors (Lipinski definition) is 2. The second-order valence-electron chi connectivity index (χ2n) is 3.55. The predicted molar refractivity (Wildman–Crippen MR) is 65.7 cm³/mol. The number of carbonyl (C=O) groups excluding carboxylic acids is 1. The summed E-state index contributed by atoms with van der Waals surface area (Å²) in [6.45, 7) is 2.64. The Hall–Kier alpha value is -2.10. The molecule has 17 heavy (non-hydrogen) atoms. The molecule has 4 nitrogen and oxygen atoms in total. The number of carboxylic acid groups (broad SMARTS) is 1. The predicted octanol–water partition coefficient (Wildman–Crippen LogP) is 1.92. The molecule has 0 spiro atoms. The smallest absolute Gasteiger partial charge is 0.328 e. The number of carbonyl (C=O) groups is 2. The van der Waals surface area contributed by atoms with Crippen LogP contribution in [0.4, 0.5) is 0 Å². The zero-order chi connectivity index (χ0) is 12.7. The zero-order valence-corrected chi connectivity index (χ0v) is 9.64. The van der Waals surface area contributed by atoms with Crippen molar-refractivity contribution in [2.24, 2.45) is 0 Å². The van der Waals surface area contributed by atoms with E-state index in [0.717, 1.165) is 18.1 Å². The number of nitrogens with one attached hydrogen (secondary N) is 1. The van der Waals surface area contributed by atoms with Crippen LogP contribution in [0.3, 0.4) is 0 Å². The van der Waals surface area contributed by atoms with E-state index in [2.05, 4.69) is 5.32 Å². The van der Waals surface area contributed by atoms with Crippen molar-refractivity contribution in [3.8, 4) is 0 Å². The van der Waals surface area contributed by atoms with Crippen molar-refractivity contribution >= 4 is 18.0 Å². The zero-order valence-electron chi connectivity index (χ0n) is 9.64. The summed E-state index contributed by atoms with van der Waals surface area (Å²) in [5.41, 5.74) is 1.32. The highest BCUT2D eigenvalue weighted by atomic mass is 16.4. The van der Waals surface area contributed by atoms with Gasteiger partial charge < -0.3 is 10.4 Å².